The molecular formula is C35H42N8O4S. The molecule has 1 saturated carbocycles. The number of aromatic amines is 1. The molecule has 4 aromatic rings. The van der Waals surface area contributed by atoms with Gasteiger partial charge in [-0.15, -0.1) is 0 Å². The summed E-state index contributed by atoms with van der Waals surface area (Å²) in [5, 5.41) is 11.8. The molecule has 0 radical (unpaired) electrons. The van der Waals surface area contributed by atoms with E-state index in [0.29, 0.717) is 30.0 Å². The Morgan fingerprint density at radius 1 is 0.958 bits per heavy atom. The molecule has 3 heterocycles. The molecule has 0 bridgehead atoms. The van der Waals surface area contributed by atoms with Gasteiger partial charge in [-0.2, -0.15) is 12.6 Å². The second-order valence-electron chi connectivity index (χ2n) is 12.2. The van der Waals surface area contributed by atoms with Gasteiger partial charge in [0, 0.05) is 67.2 Å². The van der Waals surface area contributed by atoms with E-state index in [-0.39, 0.29) is 24.7 Å². The Morgan fingerprint density at radius 3 is 2.44 bits per heavy atom. The molecule has 0 aliphatic heterocycles. The number of nitrogens with zero attached hydrogens (tertiary/aromatic N) is 2. The molecule has 4 atom stereocenters. The molecular weight excluding hydrogens is 629 g/mol. The average Bonchev–Trinajstić information content (AvgIpc) is 3.47. The minimum atomic E-state index is -0.831. The van der Waals surface area contributed by atoms with Crippen LogP contribution < -0.4 is 27.0 Å². The van der Waals surface area contributed by atoms with E-state index in [9.17, 15) is 19.2 Å². The minimum absolute atomic E-state index is 0.0905. The van der Waals surface area contributed by atoms with Gasteiger partial charge in [-0.3, -0.25) is 29.1 Å². The molecule has 13 heteroatoms. The van der Waals surface area contributed by atoms with Crippen molar-refractivity contribution in [1.29, 1.82) is 0 Å². The molecule has 252 valence electrons. The first-order valence-corrected chi connectivity index (χ1v) is 16.7. The molecule has 1 aromatic carbocycles. The van der Waals surface area contributed by atoms with Crippen LogP contribution in [0.4, 0.5) is 0 Å². The molecule has 4 amide bonds. The summed E-state index contributed by atoms with van der Waals surface area (Å²) in [5.41, 5.74) is 9.31. The number of thiol groups is 1. The van der Waals surface area contributed by atoms with Crippen LogP contribution in [0.2, 0.25) is 0 Å². The third kappa shape index (κ3) is 9.20. The number of para-hydroxylation sites is 1. The molecule has 0 saturated heterocycles. The Bertz CT molecular complexity index is 1730. The quantitative estimate of drug-likeness (QED) is 0.0749. The summed E-state index contributed by atoms with van der Waals surface area (Å²) in [6.07, 6.45) is 10.7. The highest BCUT2D eigenvalue weighted by molar-refractivity contribution is 7.80. The minimum Gasteiger partial charge on any atom is -0.361 e. The lowest BCUT2D eigenvalue weighted by atomic mass is 9.80. The zero-order valence-corrected chi connectivity index (χ0v) is 27.7. The molecule has 1 fully saturated rings. The van der Waals surface area contributed by atoms with Crippen LogP contribution in [0.15, 0.2) is 73.3 Å². The number of nitrogens with two attached hydrogens (primary N) is 1. The number of likely N-dealkylation sites (N-methyl/N-ethyl adjacent to an activating group) is 1. The van der Waals surface area contributed by atoms with Crippen LogP contribution in [0.1, 0.15) is 64.7 Å². The maximum atomic E-state index is 14.0. The van der Waals surface area contributed by atoms with Gasteiger partial charge >= 0.3 is 0 Å². The molecule has 5 rings (SSSR count). The van der Waals surface area contributed by atoms with Crippen LogP contribution in [0, 0.1) is 5.92 Å². The average molecular weight is 671 g/mol. The van der Waals surface area contributed by atoms with Crippen LogP contribution in [-0.4, -0.2) is 63.8 Å². The zero-order valence-electron chi connectivity index (χ0n) is 26.8. The number of hydrogen-bond donors (Lipinski definition) is 7. The highest BCUT2D eigenvalue weighted by Crippen LogP contribution is 2.31. The van der Waals surface area contributed by atoms with Crippen molar-refractivity contribution in [2.24, 2.45) is 11.7 Å². The SMILES string of the molecule is CNC(=O)[C@@H](Cc1ccncc1)NC(=O)C[C@@H](Cc1c[nH]c2ccccc12)NC(=O)[C@H](CC1CCC1)NC(=O)c1ccnc(C(N)S)c1. The van der Waals surface area contributed by atoms with Gasteiger partial charge in [0.2, 0.25) is 17.7 Å². The lowest BCUT2D eigenvalue weighted by molar-refractivity contribution is -0.129. The number of amides is 4. The topological polar surface area (TPSA) is 184 Å². The summed E-state index contributed by atoms with van der Waals surface area (Å²) in [6.45, 7) is 0. The van der Waals surface area contributed by atoms with E-state index in [2.05, 4.69) is 48.8 Å². The second-order valence-corrected chi connectivity index (χ2v) is 12.8. The Kier molecular flexibility index (Phi) is 11.8. The van der Waals surface area contributed by atoms with Crippen molar-refractivity contribution >= 4 is 47.2 Å². The third-order valence-corrected chi connectivity index (χ3v) is 9.03. The molecule has 0 spiro atoms. The van der Waals surface area contributed by atoms with E-state index >= 15 is 0 Å². The number of carbonyl (C=O) groups excluding carboxylic acids is 4. The summed E-state index contributed by atoms with van der Waals surface area (Å²) >= 11 is 4.22. The Labute approximate surface area is 284 Å². The number of rotatable bonds is 15. The van der Waals surface area contributed by atoms with Crippen molar-refractivity contribution in [3.63, 3.8) is 0 Å². The molecule has 1 unspecified atom stereocenters. The Morgan fingerprint density at radius 2 is 1.73 bits per heavy atom. The number of fused-ring (bicyclic) bond motifs is 1. The van der Waals surface area contributed by atoms with Crippen molar-refractivity contribution < 1.29 is 19.2 Å². The molecule has 12 nitrogen and oxygen atoms in total. The first-order chi connectivity index (χ1) is 23.2. The Hall–Kier alpha value is -4.75. The maximum absolute atomic E-state index is 14.0. The lowest BCUT2D eigenvalue weighted by Gasteiger charge is -2.30. The van der Waals surface area contributed by atoms with E-state index in [1.165, 1.54) is 13.2 Å². The fraction of sp³-hybridized carbons (Fsp3) is 0.371. The Balaban J connectivity index is 1.35. The zero-order chi connectivity index (χ0) is 34.0. The fourth-order valence-electron chi connectivity index (χ4n) is 5.94. The van der Waals surface area contributed by atoms with Gasteiger partial charge in [0.15, 0.2) is 0 Å². The predicted octanol–water partition coefficient (Wildman–Crippen LogP) is 2.72. The van der Waals surface area contributed by atoms with Gasteiger partial charge in [0.1, 0.15) is 12.1 Å². The van der Waals surface area contributed by atoms with E-state index in [1.54, 1.807) is 36.7 Å². The van der Waals surface area contributed by atoms with Crippen molar-refractivity contribution in [3.8, 4) is 0 Å². The number of benzene rings is 1. The number of pyridine rings is 2. The van der Waals surface area contributed by atoms with E-state index in [0.717, 1.165) is 41.3 Å². The van der Waals surface area contributed by atoms with Gasteiger partial charge in [-0.05, 0) is 60.2 Å². The lowest BCUT2D eigenvalue weighted by Crippen LogP contribution is -2.53. The number of H-pyrrole nitrogens is 1. The number of nitrogens with one attached hydrogen (secondary N) is 5. The largest absolute Gasteiger partial charge is 0.361 e. The number of hydrogen-bond acceptors (Lipinski definition) is 8. The van der Waals surface area contributed by atoms with Gasteiger partial charge in [-0.1, -0.05) is 37.5 Å². The van der Waals surface area contributed by atoms with Gasteiger partial charge in [0.25, 0.3) is 5.91 Å². The van der Waals surface area contributed by atoms with Gasteiger partial charge in [-0.25, -0.2) is 0 Å². The highest BCUT2D eigenvalue weighted by Gasteiger charge is 2.31. The summed E-state index contributed by atoms with van der Waals surface area (Å²) in [7, 11) is 1.52. The molecule has 7 N–H and O–H groups in total. The van der Waals surface area contributed by atoms with Crippen molar-refractivity contribution in [1.82, 2.24) is 36.2 Å². The van der Waals surface area contributed by atoms with Gasteiger partial charge in [0.05, 0.1) is 11.1 Å². The molecule has 1 aliphatic carbocycles. The monoisotopic (exact) mass is 670 g/mol. The van der Waals surface area contributed by atoms with Crippen LogP contribution in [0.5, 0.6) is 0 Å². The van der Waals surface area contributed by atoms with Crippen molar-refractivity contribution in [2.45, 2.75) is 68.4 Å². The highest BCUT2D eigenvalue weighted by atomic mass is 32.1. The third-order valence-electron chi connectivity index (χ3n) is 8.77. The van der Waals surface area contributed by atoms with E-state index in [4.69, 9.17) is 5.73 Å². The predicted molar refractivity (Wildman–Crippen MR) is 186 cm³/mol. The fourth-order valence-corrected chi connectivity index (χ4v) is 6.08. The van der Waals surface area contributed by atoms with Crippen LogP contribution >= 0.6 is 12.6 Å². The normalized spacial score (nSPS) is 15.4. The van der Waals surface area contributed by atoms with E-state index < -0.39 is 35.3 Å². The molecule has 48 heavy (non-hydrogen) atoms. The van der Waals surface area contributed by atoms with Crippen molar-refractivity contribution in [2.75, 3.05) is 7.05 Å². The summed E-state index contributed by atoms with van der Waals surface area (Å²) in [6, 6.07) is 12.2. The smallest absolute Gasteiger partial charge is 0.252 e. The van der Waals surface area contributed by atoms with Crippen molar-refractivity contribution in [3.05, 3.63) is 95.7 Å². The number of aromatic nitrogens is 3. The van der Waals surface area contributed by atoms with Crippen LogP contribution in [0.25, 0.3) is 10.9 Å². The molecule has 1 aliphatic rings. The second kappa shape index (κ2) is 16.4. The van der Waals surface area contributed by atoms with Crippen LogP contribution in [0.3, 0.4) is 0 Å². The summed E-state index contributed by atoms with van der Waals surface area (Å²) in [5.74, 6) is -1.24. The summed E-state index contributed by atoms with van der Waals surface area (Å²) < 4.78 is 0. The number of carbonyl (C=O) groups is 4. The molecule has 3 aromatic heterocycles. The first-order valence-electron chi connectivity index (χ1n) is 16.2. The van der Waals surface area contributed by atoms with E-state index in [1.807, 2.05) is 30.5 Å². The summed E-state index contributed by atoms with van der Waals surface area (Å²) in [4.78, 5) is 65.1. The maximum Gasteiger partial charge on any atom is 0.252 e. The van der Waals surface area contributed by atoms with Crippen LogP contribution in [-0.2, 0) is 27.2 Å². The first kappa shape index (κ1) is 34.6. The van der Waals surface area contributed by atoms with Gasteiger partial charge < -0.3 is 32.0 Å². The standard InChI is InChI=1S/C35H42N8O4S/c1-37-34(46)29(16-22-9-12-38-13-10-22)42-31(44)19-25(17-24-20-40-27-8-3-2-7-26(24)27)41-35(47)30(15-21-5-4-6-21)43-33(45)23-11-14-39-28(18-23)32(36)48/h2-3,7-14,18,20-21,25,29-30,32,40,48H,4-6,15-17,19,36H2,1H3,(H,37,46)(H,41,47)(H,42,44)(H,43,45)/t25-,29-,30+,32?/m1/s1.